The van der Waals surface area contributed by atoms with Crippen molar-refractivity contribution in [3.8, 4) is 5.75 Å². The first-order valence-corrected chi connectivity index (χ1v) is 15.7. The van der Waals surface area contributed by atoms with Crippen molar-refractivity contribution in [2.45, 2.75) is 95.1 Å². The Hall–Kier alpha value is -2.67. The van der Waals surface area contributed by atoms with Crippen LogP contribution in [0.1, 0.15) is 88.5 Å². The lowest BCUT2D eigenvalue weighted by Crippen LogP contribution is -2.44. The summed E-state index contributed by atoms with van der Waals surface area (Å²) in [6, 6.07) is 4.72. The van der Waals surface area contributed by atoms with Gasteiger partial charge in [-0.15, -0.1) is 0 Å². The number of phenols is 1. The summed E-state index contributed by atoms with van der Waals surface area (Å²) in [6.45, 7) is 0. The molecule has 1 aromatic carbocycles. The second-order valence-corrected chi connectivity index (χ2v) is 13.3. The Kier molecular flexibility index (Phi) is 6.56. The van der Waals surface area contributed by atoms with Crippen molar-refractivity contribution in [3.63, 3.8) is 0 Å². The molecular formula is C32H37ClN2O5. The van der Waals surface area contributed by atoms with E-state index in [1.165, 1.54) is 11.0 Å². The number of halogens is 1. The Balaban J connectivity index is 1.30. The SMILES string of the molecule is O=C1[C@H]2[C@H](CC=C3[C@H]2C[C@H]2C(=O)N(C4CCCCC4)C(=O)[C@H]2[C@H]3c2cc(Cl)ccc2O)C(=O)N1C1CCCCC1. The Morgan fingerprint density at radius 3 is 1.90 bits per heavy atom. The summed E-state index contributed by atoms with van der Waals surface area (Å²) in [7, 11) is 0. The maximum Gasteiger partial charge on any atom is 0.234 e. The van der Waals surface area contributed by atoms with Crippen LogP contribution in [0.2, 0.25) is 5.02 Å². The third-order valence-corrected chi connectivity index (χ3v) is 11.2. The number of allylic oxidation sites excluding steroid dienone is 2. The van der Waals surface area contributed by atoms with E-state index in [0.717, 1.165) is 69.8 Å². The zero-order chi connectivity index (χ0) is 27.7. The molecule has 212 valence electrons. The monoisotopic (exact) mass is 564 g/mol. The number of carbonyl (C=O) groups excluding carboxylic acids is 4. The molecule has 1 N–H and O–H groups in total. The van der Waals surface area contributed by atoms with Crippen LogP contribution in [0.5, 0.6) is 5.75 Å². The topological polar surface area (TPSA) is 95.0 Å². The van der Waals surface area contributed by atoms with Gasteiger partial charge in [0, 0.05) is 28.6 Å². The highest BCUT2D eigenvalue weighted by atomic mass is 35.5. The van der Waals surface area contributed by atoms with Gasteiger partial charge in [-0.1, -0.05) is 61.8 Å². The number of imide groups is 2. The van der Waals surface area contributed by atoms with Gasteiger partial charge in [0.15, 0.2) is 0 Å². The van der Waals surface area contributed by atoms with Crippen molar-refractivity contribution in [1.29, 1.82) is 0 Å². The van der Waals surface area contributed by atoms with Crippen LogP contribution in [0.4, 0.5) is 0 Å². The standard InChI is InChI=1S/C32H37ClN2O5/c33-17-11-14-25(36)23(15-17)26-20-12-13-21-27(31(39)34(29(21)37)18-7-3-1-4-8-18)22(20)16-24-28(26)32(40)35(30(24)38)19-9-5-2-6-10-19/h11-12,14-15,18-19,21-22,24,26-28,36H,1-10,13,16H2/t21-,22+,24+,26+,27-,28+/m0/s1. The molecule has 0 spiro atoms. The fourth-order valence-electron chi connectivity index (χ4n) is 9.16. The minimum atomic E-state index is -0.639. The average molecular weight is 565 g/mol. The molecule has 0 aromatic heterocycles. The summed E-state index contributed by atoms with van der Waals surface area (Å²) in [5, 5.41) is 11.5. The molecule has 7 rings (SSSR count). The van der Waals surface area contributed by atoms with Crippen LogP contribution in [-0.4, -0.2) is 50.6 Å². The molecule has 40 heavy (non-hydrogen) atoms. The quantitative estimate of drug-likeness (QED) is 0.394. The number of amides is 4. The number of fused-ring (bicyclic) bond motifs is 4. The number of phenolic OH excluding ortho intramolecular Hbond substituents is 1. The first-order valence-electron chi connectivity index (χ1n) is 15.3. The van der Waals surface area contributed by atoms with Crippen molar-refractivity contribution in [2.24, 2.45) is 29.6 Å². The Labute approximate surface area is 239 Å². The van der Waals surface area contributed by atoms with Gasteiger partial charge in [0.05, 0.1) is 23.7 Å². The van der Waals surface area contributed by atoms with Gasteiger partial charge < -0.3 is 5.11 Å². The highest BCUT2D eigenvalue weighted by Crippen LogP contribution is 2.59. The molecule has 0 radical (unpaired) electrons. The van der Waals surface area contributed by atoms with E-state index < -0.39 is 29.6 Å². The summed E-state index contributed by atoms with van der Waals surface area (Å²) >= 11 is 6.41. The molecular weight excluding hydrogens is 528 g/mol. The van der Waals surface area contributed by atoms with Crippen LogP contribution in [0, 0.1) is 29.6 Å². The van der Waals surface area contributed by atoms with E-state index in [1.54, 1.807) is 17.0 Å². The predicted octanol–water partition coefficient (Wildman–Crippen LogP) is 5.35. The molecule has 6 atom stereocenters. The molecule has 0 bridgehead atoms. The van der Waals surface area contributed by atoms with Crippen molar-refractivity contribution in [1.82, 2.24) is 9.80 Å². The van der Waals surface area contributed by atoms with Crippen LogP contribution in [0.25, 0.3) is 0 Å². The molecule has 2 heterocycles. The van der Waals surface area contributed by atoms with Gasteiger partial charge in [0.25, 0.3) is 0 Å². The van der Waals surface area contributed by atoms with Crippen molar-refractivity contribution >= 4 is 35.2 Å². The van der Waals surface area contributed by atoms with E-state index in [-0.39, 0.29) is 47.4 Å². The van der Waals surface area contributed by atoms with Crippen molar-refractivity contribution in [2.75, 3.05) is 0 Å². The molecule has 4 aliphatic carbocycles. The third-order valence-electron chi connectivity index (χ3n) is 10.9. The fourth-order valence-corrected chi connectivity index (χ4v) is 9.34. The highest BCUT2D eigenvalue weighted by molar-refractivity contribution is 6.30. The zero-order valence-corrected chi connectivity index (χ0v) is 23.5. The molecule has 5 fully saturated rings. The predicted molar refractivity (Wildman–Crippen MR) is 148 cm³/mol. The minimum Gasteiger partial charge on any atom is -0.508 e. The van der Waals surface area contributed by atoms with Crippen molar-refractivity contribution < 1.29 is 24.3 Å². The maximum atomic E-state index is 14.1. The molecule has 8 heteroatoms. The number of benzene rings is 1. The largest absolute Gasteiger partial charge is 0.508 e. The van der Waals surface area contributed by atoms with Gasteiger partial charge in [-0.3, -0.25) is 29.0 Å². The van der Waals surface area contributed by atoms with Gasteiger partial charge >= 0.3 is 0 Å². The van der Waals surface area contributed by atoms with Crippen LogP contribution >= 0.6 is 11.6 Å². The lowest BCUT2D eigenvalue weighted by molar-refractivity contribution is -0.145. The van der Waals surface area contributed by atoms with Gasteiger partial charge in [-0.2, -0.15) is 0 Å². The van der Waals surface area contributed by atoms with Crippen LogP contribution in [-0.2, 0) is 19.2 Å². The maximum absolute atomic E-state index is 14.1. The minimum absolute atomic E-state index is 0.0332. The smallest absolute Gasteiger partial charge is 0.234 e. The number of nitrogens with zero attached hydrogens (tertiary/aromatic N) is 2. The summed E-state index contributed by atoms with van der Waals surface area (Å²) in [5.74, 6) is -3.49. The van der Waals surface area contributed by atoms with E-state index in [2.05, 4.69) is 0 Å². The molecule has 2 aliphatic heterocycles. The normalized spacial score (nSPS) is 35.1. The lowest BCUT2D eigenvalue weighted by Gasteiger charge is -2.44. The van der Waals surface area contributed by atoms with E-state index in [0.29, 0.717) is 23.4 Å². The van der Waals surface area contributed by atoms with Crippen LogP contribution < -0.4 is 0 Å². The number of hydrogen-bond donors (Lipinski definition) is 1. The third kappa shape index (κ3) is 3.90. The summed E-state index contributed by atoms with van der Waals surface area (Å²) < 4.78 is 0. The van der Waals surface area contributed by atoms with Gasteiger partial charge in [-0.25, -0.2) is 0 Å². The van der Waals surface area contributed by atoms with Crippen molar-refractivity contribution in [3.05, 3.63) is 40.4 Å². The average Bonchev–Trinajstić information content (AvgIpc) is 3.38. The second kappa shape index (κ2) is 10.0. The highest BCUT2D eigenvalue weighted by Gasteiger charge is 2.63. The fraction of sp³-hybridized carbons (Fsp3) is 0.625. The number of carbonyl (C=O) groups is 4. The number of rotatable bonds is 3. The molecule has 4 amide bonds. The van der Waals surface area contributed by atoms with Crippen LogP contribution in [0.3, 0.4) is 0 Å². The summed E-state index contributed by atoms with van der Waals surface area (Å²) in [5.41, 5.74) is 1.45. The molecule has 6 aliphatic rings. The van der Waals surface area contributed by atoms with E-state index in [4.69, 9.17) is 11.6 Å². The first kappa shape index (κ1) is 26.2. The zero-order valence-electron chi connectivity index (χ0n) is 22.8. The van der Waals surface area contributed by atoms with Crippen LogP contribution in [0.15, 0.2) is 29.8 Å². The molecule has 3 saturated carbocycles. The number of hydrogen-bond acceptors (Lipinski definition) is 5. The molecule has 1 aromatic rings. The Morgan fingerprint density at radius 1 is 0.700 bits per heavy atom. The molecule has 0 unspecified atom stereocenters. The van der Waals surface area contributed by atoms with E-state index >= 15 is 0 Å². The number of aromatic hydroxyl groups is 1. The summed E-state index contributed by atoms with van der Waals surface area (Å²) in [6.07, 6.45) is 12.5. The summed E-state index contributed by atoms with van der Waals surface area (Å²) in [4.78, 5) is 59.0. The van der Waals surface area contributed by atoms with Gasteiger partial charge in [-0.05, 0) is 62.6 Å². The Bertz CT molecular complexity index is 1300. The Morgan fingerprint density at radius 2 is 1.27 bits per heavy atom. The number of likely N-dealkylation sites (tertiary alicyclic amines) is 2. The lowest BCUT2D eigenvalue weighted by atomic mass is 9.57. The van der Waals surface area contributed by atoms with Gasteiger partial charge in [0.1, 0.15) is 5.75 Å². The van der Waals surface area contributed by atoms with Gasteiger partial charge in [0.2, 0.25) is 23.6 Å². The molecule has 7 nitrogen and oxygen atoms in total. The second-order valence-electron chi connectivity index (χ2n) is 12.9. The first-order chi connectivity index (χ1) is 19.4. The van der Waals surface area contributed by atoms with E-state index in [1.807, 2.05) is 6.08 Å². The molecule has 2 saturated heterocycles. The van der Waals surface area contributed by atoms with E-state index in [9.17, 15) is 24.3 Å².